The predicted molar refractivity (Wildman–Crippen MR) is 163 cm³/mol. The van der Waals surface area contributed by atoms with Crippen LogP contribution in [0, 0.1) is 0 Å². The molecule has 40 heavy (non-hydrogen) atoms. The number of ether oxygens (including phenoxy) is 2. The van der Waals surface area contributed by atoms with Crippen LogP contribution in [0.1, 0.15) is 47.2 Å². The van der Waals surface area contributed by atoms with Crippen LogP contribution in [0.4, 0.5) is 17.1 Å². The van der Waals surface area contributed by atoms with E-state index in [2.05, 4.69) is 26.1 Å². The summed E-state index contributed by atoms with van der Waals surface area (Å²) in [5.74, 6) is -0.953. The Kier molecular flexibility index (Phi) is 11.1. The summed E-state index contributed by atoms with van der Waals surface area (Å²) in [7, 11) is 0. The maximum absolute atomic E-state index is 12.7. The second-order valence-corrected chi connectivity index (χ2v) is 11.3. The van der Waals surface area contributed by atoms with Gasteiger partial charge in [-0.05, 0) is 83.3 Å². The van der Waals surface area contributed by atoms with Crippen LogP contribution in [-0.4, -0.2) is 43.1 Å². The Labute approximate surface area is 253 Å². The van der Waals surface area contributed by atoms with Crippen molar-refractivity contribution in [3.8, 4) is 0 Å². The van der Waals surface area contributed by atoms with Crippen molar-refractivity contribution in [2.75, 3.05) is 37.4 Å². The number of anilines is 3. The van der Waals surface area contributed by atoms with Gasteiger partial charge in [0.1, 0.15) is 13.2 Å². The SMILES string of the molecule is Nc1c(Br)cc(C(=O)OCCOC(=O)Cc2ccccc2Nc2c(Cl)cccc2Cl)cc1CN1CCCCCC1. The first-order valence-electron chi connectivity index (χ1n) is 13.2. The lowest BCUT2D eigenvalue weighted by Gasteiger charge is -2.21. The van der Waals surface area contributed by atoms with Crippen LogP contribution in [0.5, 0.6) is 0 Å². The third-order valence-corrected chi connectivity index (χ3v) is 7.98. The van der Waals surface area contributed by atoms with Crippen LogP contribution in [0.15, 0.2) is 59.1 Å². The molecule has 0 saturated carbocycles. The van der Waals surface area contributed by atoms with Gasteiger partial charge in [-0.25, -0.2) is 4.79 Å². The lowest BCUT2D eigenvalue weighted by molar-refractivity contribution is -0.143. The summed E-state index contributed by atoms with van der Waals surface area (Å²) in [6.45, 7) is 2.59. The Balaban J connectivity index is 1.29. The molecule has 0 amide bonds. The number of halogens is 3. The summed E-state index contributed by atoms with van der Waals surface area (Å²) in [6, 6.07) is 16.0. The number of nitrogens with two attached hydrogens (primary N) is 1. The zero-order valence-electron chi connectivity index (χ0n) is 22.1. The van der Waals surface area contributed by atoms with Gasteiger partial charge in [-0.2, -0.15) is 0 Å². The molecule has 3 aromatic rings. The van der Waals surface area contributed by atoms with Crippen LogP contribution in [-0.2, 0) is 27.2 Å². The van der Waals surface area contributed by atoms with E-state index in [1.165, 1.54) is 25.7 Å². The highest BCUT2D eigenvalue weighted by molar-refractivity contribution is 9.10. The van der Waals surface area contributed by atoms with Crippen molar-refractivity contribution in [2.45, 2.75) is 38.6 Å². The summed E-state index contributed by atoms with van der Waals surface area (Å²) in [4.78, 5) is 27.7. The predicted octanol–water partition coefficient (Wildman–Crippen LogP) is 7.40. The van der Waals surface area contributed by atoms with E-state index < -0.39 is 11.9 Å². The highest BCUT2D eigenvalue weighted by Gasteiger charge is 2.17. The Hall–Kier alpha value is -2.78. The number of esters is 2. The van der Waals surface area contributed by atoms with Gasteiger partial charge in [0.2, 0.25) is 0 Å². The molecule has 0 radical (unpaired) electrons. The first kappa shape index (κ1) is 30.2. The van der Waals surface area contributed by atoms with Crippen LogP contribution < -0.4 is 11.1 Å². The third kappa shape index (κ3) is 8.36. The molecule has 212 valence electrons. The Morgan fingerprint density at radius 3 is 2.30 bits per heavy atom. The molecule has 0 aliphatic carbocycles. The third-order valence-electron chi connectivity index (χ3n) is 6.70. The average molecular weight is 649 g/mol. The van der Waals surface area contributed by atoms with Crippen molar-refractivity contribution < 1.29 is 19.1 Å². The summed E-state index contributed by atoms with van der Waals surface area (Å²) in [5.41, 5.74) is 10.2. The van der Waals surface area contributed by atoms with Crippen molar-refractivity contribution in [3.63, 3.8) is 0 Å². The summed E-state index contributed by atoms with van der Waals surface area (Å²) in [5, 5.41) is 4.13. The van der Waals surface area contributed by atoms with E-state index in [9.17, 15) is 9.59 Å². The number of hydrogen-bond donors (Lipinski definition) is 2. The molecule has 7 nitrogen and oxygen atoms in total. The minimum atomic E-state index is -0.500. The van der Waals surface area contributed by atoms with E-state index in [0.717, 1.165) is 18.7 Å². The van der Waals surface area contributed by atoms with Crippen molar-refractivity contribution >= 4 is 68.1 Å². The van der Waals surface area contributed by atoms with Crippen molar-refractivity contribution in [1.29, 1.82) is 0 Å². The molecule has 0 bridgehead atoms. The van der Waals surface area contributed by atoms with Gasteiger partial charge in [0.25, 0.3) is 0 Å². The molecule has 1 saturated heterocycles. The second-order valence-electron chi connectivity index (χ2n) is 9.63. The topological polar surface area (TPSA) is 93.9 Å². The Morgan fingerprint density at radius 2 is 1.57 bits per heavy atom. The number of nitrogen functional groups attached to an aromatic ring is 1. The highest BCUT2D eigenvalue weighted by atomic mass is 79.9. The zero-order chi connectivity index (χ0) is 28.5. The average Bonchev–Trinajstić information content (AvgIpc) is 3.20. The number of carbonyl (C=O) groups excluding carboxylic acids is 2. The maximum Gasteiger partial charge on any atom is 0.338 e. The van der Waals surface area contributed by atoms with E-state index >= 15 is 0 Å². The largest absolute Gasteiger partial charge is 0.462 e. The van der Waals surface area contributed by atoms with Gasteiger partial charge in [0.15, 0.2) is 0 Å². The van der Waals surface area contributed by atoms with Crippen molar-refractivity contribution in [2.24, 2.45) is 0 Å². The summed E-state index contributed by atoms with van der Waals surface area (Å²) in [6.07, 6.45) is 4.84. The number of carbonyl (C=O) groups is 2. The Morgan fingerprint density at radius 1 is 0.900 bits per heavy atom. The molecule has 0 aromatic heterocycles. The normalized spacial score (nSPS) is 13.9. The quantitative estimate of drug-likeness (QED) is 0.134. The van der Waals surface area contributed by atoms with Crippen LogP contribution in [0.2, 0.25) is 10.0 Å². The van der Waals surface area contributed by atoms with Gasteiger partial charge in [0, 0.05) is 16.7 Å². The smallest absolute Gasteiger partial charge is 0.338 e. The molecule has 0 unspecified atom stereocenters. The molecule has 3 N–H and O–H groups in total. The highest BCUT2D eigenvalue weighted by Crippen LogP contribution is 2.34. The lowest BCUT2D eigenvalue weighted by atomic mass is 10.1. The minimum absolute atomic E-state index is 0.0178. The fraction of sp³-hybridized carbons (Fsp3) is 0.333. The second kappa shape index (κ2) is 14.7. The maximum atomic E-state index is 12.7. The molecular formula is C30H32BrCl2N3O4. The summed E-state index contributed by atoms with van der Waals surface area (Å²) >= 11 is 16.0. The molecule has 0 atom stereocenters. The van der Waals surface area contributed by atoms with E-state index in [1.54, 1.807) is 30.3 Å². The molecule has 10 heteroatoms. The molecule has 1 heterocycles. The molecule has 1 aliphatic heterocycles. The van der Waals surface area contributed by atoms with Gasteiger partial charge in [-0.15, -0.1) is 0 Å². The van der Waals surface area contributed by atoms with Crippen LogP contribution in [0.3, 0.4) is 0 Å². The molecule has 4 rings (SSSR count). The monoisotopic (exact) mass is 647 g/mol. The Bertz CT molecular complexity index is 1330. The number of nitrogens with zero attached hydrogens (tertiary/aromatic N) is 1. The number of likely N-dealkylation sites (tertiary alicyclic amines) is 1. The van der Waals surface area contributed by atoms with Crippen LogP contribution in [0.25, 0.3) is 0 Å². The number of benzene rings is 3. The van der Waals surface area contributed by atoms with Crippen molar-refractivity contribution in [1.82, 2.24) is 4.90 Å². The zero-order valence-corrected chi connectivity index (χ0v) is 25.2. The first-order valence-corrected chi connectivity index (χ1v) is 14.8. The number of hydrogen-bond acceptors (Lipinski definition) is 7. The summed E-state index contributed by atoms with van der Waals surface area (Å²) < 4.78 is 11.4. The molecule has 0 spiro atoms. The van der Waals surface area contributed by atoms with E-state index in [4.69, 9.17) is 38.4 Å². The fourth-order valence-corrected chi connectivity index (χ4v) is 5.58. The lowest BCUT2D eigenvalue weighted by Crippen LogP contribution is -2.25. The fourth-order valence-electron chi connectivity index (χ4n) is 4.59. The van der Waals surface area contributed by atoms with Gasteiger partial charge in [0.05, 0.1) is 33.4 Å². The number of nitrogens with one attached hydrogen (secondary N) is 1. The van der Waals surface area contributed by atoms with Crippen molar-refractivity contribution in [3.05, 3.63) is 85.8 Å². The van der Waals surface area contributed by atoms with E-state index in [1.807, 2.05) is 24.3 Å². The minimum Gasteiger partial charge on any atom is -0.462 e. The molecule has 1 aliphatic rings. The number of rotatable bonds is 10. The molecule has 3 aromatic carbocycles. The first-order chi connectivity index (χ1) is 19.3. The standard InChI is InChI=1S/C30H32BrCl2N3O4/c31-23-17-21(16-22(28(23)34)19-36-12-5-1-2-6-13-36)30(38)40-15-14-39-27(37)18-20-8-3-4-11-26(20)35-29-24(32)9-7-10-25(29)33/h3-4,7-11,16-17,35H,1-2,5-6,12-15,18-19,34H2. The van der Waals surface area contributed by atoms with Gasteiger partial charge in [-0.3, -0.25) is 9.69 Å². The van der Waals surface area contributed by atoms with Gasteiger partial charge in [-0.1, -0.05) is 60.3 Å². The van der Waals surface area contributed by atoms with Crippen LogP contribution >= 0.6 is 39.1 Å². The van der Waals surface area contributed by atoms with E-state index in [-0.39, 0.29) is 19.6 Å². The number of para-hydroxylation sites is 2. The van der Waals surface area contributed by atoms with E-state index in [0.29, 0.717) is 49.3 Å². The van der Waals surface area contributed by atoms with Gasteiger partial charge >= 0.3 is 11.9 Å². The van der Waals surface area contributed by atoms with Gasteiger partial charge < -0.3 is 20.5 Å². The molecular weight excluding hydrogens is 617 g/mol. The molecule has 1 fully saturated rings.